The van der Waals surface area contributed by atoms with Gasteiger partial charge in [0.15, 0.2) is 28.8 Å². The van der Waals surface area contributed by atoms with Crippen LogP contribution in [-0.4, -0.2) is 60.2 Å². The number of Topliss-reactive ketones (excluding diaryl/α,β-unsaturated/α-hetero) is 1. The number of ether oxygens (including phenoxy) is 6. The van der Waals surface area contributed by atoms with Gasteiger partial charge in [-0.25, -0.2) is 0 Å². The fourth-order valence-corrected chi connectivity index (χ4v) is 4.31. The maximum Gasteiger partial charge on any atom is 0.203 e. The molecule has 2 atom stereocenters. The molecule has 0 saturated carbocycles. The number of aliphatic hydroxyl groups is 1. The zero-order valence-corrected chi connectivity index (χ0v) is 18.6. The summed E-state index contributed by atoms with van der Waals surface area (Å²) in [6.45, 7) is -0.190. The highest BCUT2D eigenvalue weighted by molar-refractivity contribution is 6.01. The first-order valence-electron chi connectivity index (χ1n) is 9.76. The lowest BCUT2D eigenvalue weighted by Crippen LogP contribution is -2.29. The third-order valence-electron chi connectivity index (χ3n) is 5.68. The van der Waals surface area contributed by atoms with Crippen molar-refractivity contribution < 1.29 is 38.3 Å². The Labute approximate surface area is 181 Å². The molecular weight excluding hydrogens is 404 g/mol. The van der Waals surface area contributed by atoms with Crippen LogP contribution >= 0.6 is 0 Å². The van der Waals surface area contributed by atoms with Gasteiger partial charge in [-0.15, -0.1) is 0 Å². The number of fused-ring (bicyclic) bond motifs is 1. The Kier molecular flexibility index (Phi) is 6.80. The molecule has 0 heterocycles. The molecule has 0 aromatic heterocycles. The van der Waals surface area contributed by atoms with E-state index >= 15 is 0 Å². The van der Waals surface area contributed by atoms with Crippen LogP contribution in [0.3, 0.4) is 0 Å². The minimum atomic E-state index is -0.388. The molecule has 3 rings (SSSR count). The topological polar surface area (TPSA) is 92.7 Å². The molecular formula is C23H28O8. The highest BCUT2D eigenvalue weighted by Crippen LogP contribution is 2.53. The molecule has 1 aliphatic carbocycles. The minimum absolute atomic E-state index is 0.100. The summed E-state index contributed by atoms with van der Waals surface area (Å²) in [6.07, 6.45) is 0.170. The Morgan fingerprint density at radius 1 is 0.774 bits per heavy atom. The monoisotopic (exact) mass is 432 g/mol. The summed E-state index contributed by atoms with van der Waals surface area (Å²) >= 11 is 0. The fourth-order valence-electron chi connectivity index (χ4n) is 4.31. The van der Waals surface area contributed by atoms with Gasteiger partial charge >= 0.3 is 0 Å². The highest BCUT2D eigenvalue weighted by atomic mass is 16.5. The van der Waals surface area contributed by atoms with Crippen LogP contribution in [0.15, 0.2) is 18.2 Å². The average molecular weight is 432 g/mol. The quantitative estimate of drug-likeness (QED) is 0.680. The molecule has 8 heteroatoms. The number of hydrogen-bond acceptors (Lipinski definition) is 8. The number of benzene rings is 2. The number of carbonyl (C=O) groups excluding carboxylic acids is 1. The van der Waals surface area contributed by atoms with Gasteiger partial charge in [-0.3, -0.25) is 4.79 Å². The third-order valence-corrected chi connectivity index (χ3v) is 5.68. The van der Waals surface area contributed by atoms with E-state index in [9.17, 15) is 9.90 Å². The number of rotatable bonds is 8. The molecule has 0 bridgehead atoms. The van der Waals surface area contributed by atoms with Gasteiger partial charge in [0.1, 0.15) is 0 Å². The molecule has 2 unspecified atom stereocenters. The van der Waals surface area contributed by atoms with Crippen LogP contribution in [0.4, 0.5) is 0 Å². The van der Waals surface area contributed by atoms with E-state index < -0.39 is 0 Å². The van der Waals surface area contributed by atoms with Gasteiger partial charge in [0, 0.05) is 36.0 Å². The lowest BCUT2D eigenvalue weighted by Gasteiger charge is -2.34. The number of aliphatic hydroxyl groups excluding tert-OH is 1. The maximum absolute atomic E-state index is 13.0. The number of ketones is 1. The smallest absolute Gasteiger partial charge is 0.203 e. The van der Waals surface area contributed by atoms with Gasteiger partial charge in [0.2, 0.25) is 11.5 Å². The van der Waals surface area contributed by atoms with E-state index in [4.69, 9.17) is 28.4 Å². The summed E-state index contributed by atoms with van der Waals surface area (Å²) in [4.78, 5) is 13.0. The predicted octanol–water partition coefficient (Wildman–Crippen LogP) is 3.07. The number of methoxy groups -OCH3 is 6. The zero-order valence-electron chi connectivity index (χ0n) is 18.6. The van der Waals surface area contributed by atoms with E-state index in [2.05, 4.69) is 0 Å². The average Bonchev–Trinajstić information content (AvgIpc) is 2.81. The standard InChI is InChI=1S/C23H28O8/c1-26-16-8-12(9-17(27-2)21(16)29-4)19-13(11-24)7-15(25)14-10-18(28-3)22(30-5)23(31-6)20(14)19/h8-10,13,19,24H,7,11H2,1-6H3. The molecule has 0 radical (unpaired) electrons. The molecule has 0 fully saturated rings. The normalized spacial score (nSPS) is 17.6. The Balaban J connectivity index is 2.36. The van der Waals surface area contributed by atoms with Crippen LogP contribution in [0, 0.1) is 5.92 Å². The van der Waals surface area contributed by atoms with Gasteiger partial charge in [0.05, 0.1) is 42.7 Å². The summed E-state index contributed by atoms with van der Waals surface area (Å²) in [6, 6.07) is 5.31. The highest BCUT2D eigenvalue weighted by Gasteiger charge is 2.40. The van der Waals surface area contributed by atoms with Crippen molar-refractivity contribution in [3.05, 3.63) is 34.9 Å². The Bertz CT molecular complexity index is 944. The summed E-state index contributed by atoms with van der Waals surface area (Å²) in [7, 11) is 9.14. The minimum Gasteiger partial charge on any atom is -0.493 e. The summed E-state index contributed by atoms with van der Waals surface area (Å²) in [5, 5.41) is 10.2. The lowest BCUT2D eigenvalue weighted by atomic mass is 9.71. The number of hydrogen-bond donors (Lipinski definition) is 1. The van der Waals surface area contributed by atoms with Crippen LogP contribution in [0.2, 0.25) is 0 Å². The summed E-state index contributed by atoms with van der Waals surface area (Å²) < 4.78 is 33.1. The molecule has 1 N–H and O–H groups in total. The Morgan fingerprint density at radius 3 is 1.74 bits per heavy atom. The van der Waals surface area contributed by atoms with E-state index in [0.717, 1.165) is 5.56 Å². The number of carbonyl (C=O) groups is 1. The largest absolute Gasteiger partial charge is 0.493 e. The molecule has 0 aliphatic heterocycles. The third kappa shape index (κ3) is 3.72. The van der Waals surface area contributed by atoms with Gasteiger partial charge in [-0.05, 0) is 23.8 Å². The molecule has 8 nitrogen and oxygen atoms in total. The van der Waals surface area contributed by atoms with Crippen LogP contribution < -0.4 is 28.4 Å². The molecule has 0 amide bonds. The molecule has 0 saturated heterocycles. The first kappa shape index (κ1) is 22.6. The van der Waals surface area contributed by atoms with Gasteiger partial charge in [0.25, 0.3) is 0 Å². The summed E-state index contributed by atoms with van der Waals surface area (Å²) in [5.41, 5.74) is 1.88. The van der Waals surface area contributed by atoms with Crippen LogP contribution in [0.25, 0.3) is 0 Å². The molecule has 31 heavy (non-hydrogen) atoms. The zero-order chi connectivity index (χ0) is 22.7. The lowest BCUT2D eigenvalue weighted by molar-refractivity contribution is 0.0903. The Hall–Kier alpha value is -3.13. The molecule has 2 aromatic rings. The van der Waals surface area contributed by atoms with E-state index in [1.54, 1.807) is 6.07 Å². The van der Waals surface area contributed by atoms with Crippen molar-refractivity contribution in [3.8, 4) is 34.5 Å². The van der Waals surface area contributed by atoms with Crippen LogP contribution in [-0.2, 0) is 0 Å². The molecule has 2 aromatic carbocycles. The van der Waals surface area contributed by atoms with E-state index in [1.165, 1.54) is 42.7 Å². The predicted molar refractivity (Wildman–Crippen MR) is 114 cm³/mol. The SMILES string of the molecule is COc1cc(C2c3c(cc(OC)c(OC)c3OC)C(=O)CC2CO)cc(OC)c1OC. The maximum atomic E-state index is 13.0. The van der Waals surface area contributed by atoms with Gasteiger partial charge in [-0.1, -0.05) is 0 Å². The first-order valence-corrected chi connectivity index (χ1v) is 9.76. The fraction of sp³-hybridized carbons (Fsp3) is 0.435. The van der Waals surface area contributed by atoms with Gasteiger partial charge in [-0.2, -0.15) is 0 Å². The van der Waals surface area contributed by atoms with Crippen LogP contribution in [0.1, 0.15) is 33.8 Å². The second-order valence-electron chi connectivity index (χ2n) is 7.11. The van der Waals surface area contributed by atoms with Crippen molar-refractivity contribution in [2.24, 2.45) is 5.92 Å². The van der Waals surface area contributed by atoms with E-state index in [0.29, 0.717) is 45.6 Å². The molecule has 168 valence electrons. The van der Waals surface area contributed by atoms with E-state index in [-0.39, 0.29) is 30.6 Å². The van der Waals surface area contributed by atoms with Crippen molar-refractivity contribution in [1.82, 2.24) is 0 Å². The van der Waals surface area contributed by atoms with Gasteiger partial charge < -0.3 is 33.5 Å². The van der Waals surface area contributed by atoms with Crippen molar-refractivity contribution in [1.29, 1.82) is 0 Å². The van der Waals surface area contributed by atoms with Crippen LogP contribution in [0.5, 0.6) is 34.5 Å². The van der Waals surface area contributed by atoms with Crippen molar-refractivity contribution in [2.45, 2.75) is 12.3 Å². The van der Waals surface area contributed by atoms with Crippen molar-refractivity contribution in [2.75, 3.05) is 49.3 Å². The second kappa shape index (κ2) is 9.34. The van der Waals surface area contributed by atoms with Crippen molar-refractivity contribution in [3.63, 3.8) is 0 Å². The summed E-state index contributed by atoms with van der Waals surface area (Å²) in [5.74, 6) is 1.72. The molecule has 1 aliphatic rings. The Morgan fingerprint density at radius 2 is 1.29 bits per heavy atom. The van der Waals surface area contributed by atoms with Crippen molar-refractivity contribution >= 4 is 5.78 Å². The first-order chi connectivity index (χ1) is 15.0. The molecule has 0 spiro atoms. The second-order valence-corrected chi connectivity index (χ2v) is 7.11. The van der Waals surface area contributed by atoms with E-state index in [1.807, 2.05) is 12.1 Å².